The van der Waals surface area contributed by atoms with Crippen LogP contribution in [0.1, 0.15) is 19.8 Å². The molecule has 5 heteroatoms. The van der Waals surface area contributed by atoms with Gasteiger partial charge in [-0.1, -0.05) is 6.92 Å². The predicted octanol–water partition coefficient (Wildman–Crippen LogP) is -0.323. The molecule has 5 nitrogen and oxygen atoms in total. The van der Waals surface area contributed by atoms with Crippen LogP contribution in [0, 0.1) is 5.41 Å². The average Bonchev–Trinajstić information content (AvgIpc) is 2.81. The molecule has 2 saturated heterocycles. The molecule has 0 aliphatic carbocycles. The Morgan fingerprint density at radius 3 is 2.76 bits per heavy atom. The largest absolute Gasteiger partial charge is 0.342 e. The van der Waals surface area contributed by atoms with E-state index in [2.05, 4.69) is 12.2 Å². The fraction of sp³-hybridized carbons (Fsp3) is 0.833. The predicted molar refractivity (Wildman–Crippen MR) is 64.4 cm³/mol. The lowest BCUT2D eigenvalue weighted by atomic mass is 9.82. The highest BCUT2D eigenvalue weighted by atomic mass is 16.2. The molecule has 2 heterocycles. The summed E-state index contributed by atoms with van der Waals surface area (Å²) in [6.45, 7) is 5.28. The van der Waals surface area contributed by atoms with Crippen LogP contribution in [0.5, 0.6) is 0 Å². The van der Waals surface area contributed by atoms with Crippen LogP contribution in [0.25, 0.3) is 0 Å². The Kier molecular flexibility index (Phi) is 3.38. The van der Waals surface area contributed by atoms with Crippen LogP contribution >= 0.6 is 0 Å². The van der Waals surface area contributed by atoms with Crippen LogP contribution in [0.4, 0.5) is 0 Å². The second kappa shape index (κ2) is 4.64. The van der Waals surface area contributed by atoms with E-state index in [1.807, 2.05) is 0 Å². The van der Waals surface area contributed by atoms with Gasteiger partial charge in [0.15, 0.2) is 0 Å². The molecule has 0 spiro atoms. The number of rotatable bonds is 2. The summed E-state index contributed by atoms with van der Waals surface area (Å²) in [5.41, 5.74) is -0.268. The maximum absolute atomic E-state index is 12.5. The summed E-state index contributed by atoms with van der Waals surface area (Å²) >= 11 is 0. The number of hydrogen-bond acceptors (Lipinski definition) is 3. The maximum atomic E-state index is 12.5. The van der Waals surface area contributed by atoms with Crippen molar-refractivity contribution in [3.63, 3.8) is 0 Å². The van der Waals surface area contributed by atoms with Crippen LogP contribution in [0.3, 0.4) is 0 Å². The van der Waals surface area contributed by atoms with Gasteiger partial charge in [-0.25, -0.2) is 0 Å². The zero-order valence-electron chi connectivity index (χ0n) is 10.7. The van der Waals surface area contributed by atoms with Gasteiger partial charge in [-0.2, -0.15) is 0 Å². The van der Waals surface area contributed by atoms with E-state index in [0.29, 0.717) is 13.1 Å². The number of nitrogens with zero attached hydrogens (tertiary/aromatic N) is 2. The first-order valence-electron chi connectivity index (χ1n) is 6.33. The third kappa shape index (κ3) is 2.16. The second-order valence-electron chi connectivity index (χ2n) is 5.10. The van der Waals surface area contributed by atoms with Gasteiger partial charge >= 0.3 is 0 Å². The molecule has 2 rings (SSSR count). The van der Waals surface area contributed by atoms with Crippen molar-refractivity contribution in [1.82, 2.24) is 15.1 Å². The summed E-state index contributed by atoms with van der Waals surface area (Å²) < 4.78 is 0. The van der Waals surface area contributed by atoms with Crippen LogP contribution in [0.15, 0.2) is 0 Å². The third-order valence-corrected chi connectivity index (χ3v) is 4.12. The van der Waals surface area contributed by atoms with Crippen molar-refractivity contribution in [3.05, 3.63) is 0 Å². The first kappa shape index (κ1) is 12.4. The van der Waals surface area contributed by atoms with Crippen LogP contribution < -0.4 is 5.32 Å². The molecular weight excluding hydrogens is 218 g/mol. The first-order valence-corrected chi connectivity index (χ1v) is 6.33. The zero-order chi connectivity index (χ0) is 12.5. The fourth-order valence-electron chi connectivity index (χ4n) is 2.65. The molecule has 0 aromatic carbocycles. The molecule has 0 aromatic heterocycles. The molecule has 1 unspecified atom stereocenters. The number of hydrogen-bond donors (Lipinski definition) is 1. The van der Waals surface area contributed by atoms with Crippen molar-refractivity contribution in [3.8, 4) is 0 Å². The Hall–Kier alpha value is -1.10. The molecule has 1 N–H and O–H groups in total. The quantitative estimate of drug-likeness (QED) is 0.718. The van der Waals surface area contributed by atoms with Gasteiger partial charge in [-0.05, 0) is 19.4 Å². The van der Waals surface area contributed by atoms with E-state index < -0.39 is 0 Å². The lowest BCUT2D eigenvalue weighted by Crippen LogP contribution is -2.55. The normalized spacial score (nSPS) is 29.9. The Morgan fingerprint density at radius 1 is 1.47 bits per heavy atom. The van der Waals surface area contributed by atoms with Crippen LogP contribution in [0.2, 0.25) is 0 Å². The Balaban J connectivity index is 2.07. The highest BCUT2D eigenvalue weighted by molar-refractivity contribution is 5.89. The van der Waals surface area contributed by atoms with Gasteiger partial charge in [-0.15, -0.1) is 0 Å². The van der Waals surface area contributed by atoms with Crippen molar-refractivity contribution in [2.45, 2.75) is 19.8 Å². The molecule has 96 valence electrons. The van der Waals surface area contributed by atoms with E-state index in [0.717, 1.165) is 25.9 Å². The van der Waals surface area contributed by atoms with E-state index in [4.69, 9.17) is 0 Å². The van der Waals surface area contributed by atoms with Crippen LogP contribution in [-0.2, 0) is 9.59 Å². The molecule has 1 atom stereocenters. The smallest absolute Gasteiger partial charge is 0.241 e. The number of nitrogens with one attached hydrogen (secondary N) is 1. The monoisotopic (exact) mass is 239 g/mol. The molecule has 2 aliphatic heterocycles. The van der Waals surface area contributed by atoms with Crippen LogP contribution in [-0.4, -0.2) is 61.4 Å². The van der Waals surface area contributed by atoms with E-state index in [1.165, 1.54) is 0 Å². The molecule has 2 amide bonds. The first-order chi connectivity index (χ1) is 8.09. The van der Waals surface area contributed by atoms with Gasteiger partial charge in [-0.3, -0.25) is 9.59 Å². The number of carbonyl (C=O) groups is 2. The van der Waals surface area contributed by atoms with E-state index >= 15 is 0 Å². The molecule has 0 radical (unpaired) electrons. The summed E-state index contributed by atoms with van der Waals surface area (Å²) in [5.74, 6) is 0.202. The molecule has 2 fully saturated rings. The second-order valence-corrected chi connectivity index (χ2v) is 5.10. The lowest BCUT2D eigenvalue weighted by Gasteiger charge is -2.37. The molecule has 2 aliphatic rings. The lowest BCUT2D eigenvalue weighted by molar-refractivity contribution is -0.150. The SMILES string of the molecule is CCC1(C(=O)N2CCN(C)C(=O)C2)CCNC1. The standard InChI is InChI=1S/C12H21N3O2/c1-3-12(4-5-13-9-12)11(17)15-7-6-14(2)10(16)8-15/h13H,3-9H2,1-2H3. The molecule has 0 aromatic rings. The van der Waals surface area contributed by atoms with Crippen molar-refractivity contribution in [1.29, 1.82) is 0 Å². The minimum Gasteiger partial charge on any atom is -0.342 e. The average molecular weight is 239 g/mol. The highest BCUT2D eigenvalue weighted by Gasteiger charge is 2.43. The highest BCUT2D eigenvalue weighted by Crippen LogP contribution is 2.32. The number of likely N-dealkylation sites (N-methyl/N-ethyl adjacent to an activating group) is 1. The summed E-state index contributed by atoms with van der Waals surface area (Å²) in [5, 5.41) is 3.26. The number of piperazine rings is 1. The molecular formula is C12H21N3O2. The Morgan fingerprint density at radius 2 is 2.24 bits per heavy atom. The van der Waals surface area contributed by atoms with Crippen molar-refractivity contribution < 1.29 is 9.59 Å². The van der Waals surface area contributed by atoms with Gasteiger partial charge < -0.3 is 15.1 Å². The Bertz CT molecular complexity index is 324. The number of amides is 2. The van der Waals surface area contributed by atoms with Gasteiger partial charge in [0.1, 0.15) is 0 Å². The van der Waals surface area contributed by atoms with Crippen molar-refractivity contribution >= 4 is 11.8 Å². The number of carbonyl (C=O) groups excluding carboxylic acids is 2. The topological polar surface area (TPSA) is 52.7 Å². The van der Waals surface area contributed by atoms with Gasteiger partial charge in [0.05, 0.1) is 12.0 Å². The van der Waals surface area contributed by atoms with Gasteiger partial charge in [0.25, 0.3) is 0 Å². The van der Waals surface area contributed by atoms with Crippen molar-refractivity contribution in [2.75, 3.05) is 39.8 Å². The summed E-state index contributed by atoms with van der Waals surface area (Å²) in [6, 6.07) is 0. The minimum atomic E-state index is -0.268. The van der Waals surface area contributed by atoms with Gasteiger partial charge in [0.2, 0.25) is 11.8 Å². The fourth-order valence-corrected chi connectivity index (χ4v) is 2.65. The zero-order valence-corrected chi connectivity index (χ0v) is 10.7. The maximum Gasteiger partial charge on any atom is 0.241 e. The minimum absolute atomic E-state index is 0.0433. The van der Waals surface area contributed by atoms with E-state index in [1.54, 1.807) is 16.8 Å². The summed E-state index contributed by atoms with van der Waals surface area (Å²) in [6.07, 6.45) is 1.74. The molecule has 0 bridgehead atoms. The Labute approximate surface area is 102 Å². The van der Waals surface area contributed by atoms with Crippen molar-refractivity contribution in [2.24, 2.45) is 5.41 Å². The van der Waals surface area contributed by atoms with E-state index in [9.17, 15) is 9.59 Å². The molecule has 17 heavy (non-hydrogen) atoms. The summed E-state index contributed by atoms with van der Waals surface area (Å²) in [4.78, 5) is 27.6. The third-order valence-electron chi connectivity index (χ3n) is 4.12. The molecule has 0 saturated carbocycles. The van der Waals surface area contributed by atoms with Gasteiger partial charge in [0, 0.05) is 26.7 Å². The summed E-state index contributed by atoms with van der Waals surface area (Å²) in [7, 11) is 1.79. The van der Waals surface area contributed by atoms with E-state index in [-0.39, 0.29) is 23.8 Å².